The van der Waals surface area contributed by atoms with E-state index >= 15 is 0 Å². The van der Waals surface area contributed by atoms with Gasteiger partial charge in [0, 0.05) is 17.5 Å². The fraction of sp³-hybridized carbons (Fsp3) is 0.636. The molecule has 1 fully saturated rings. The summed E-state index contributed by atoms with van der Waals surface area (Å²) in [6.07, 6.45) is 4.30. The van der Waals surface area contributed by atoms with E-state index in [1.165, 1.54) is 17.8 Å². The molecule has 3 N–H and O–H groups in total. The van der Waals surface area contributed by atoms with Gasteiger partial charge < -0.3 is 11.1 Å². The number of nitrogens with two attached hydrogens (primary N) is 1. The molecular formula is C11H17N3OS. The Hall–Kier alpha value is -0.940. The van der Waals surface area contributed by atoms with Crippen LogP contribution in [0.25, 0.3) is 0 Å². The summed E-state index contributed by atoms with van der Waals surface area (Å²) in [6.45, 7) is 1.90. The highest BCUT2D eigenvalue weighted by atomic mass is 32.1. The molecule has 0 aromatic carbocycles. The third kappa shape index (κ3) is 2.59. The van der Waals surface area contributed by atoms with Gasteiger partial charge >= 0.3 is 0 Å². The molecule has 1 aromatic rings. The highest BCUT2D eigenvalue weighted by molar-refractivity contribution is 7.09. The van der Waals surface area contributed by atoms with Crippen molar-refractivity contribution in [3.63, 3.8) is 0 Å². The summed E-state index contributed by atoms with van der Waals surface area (Å²) < 4.78 is 0. The lowest BCUT2D eigenvalue weighted by molar-refractivity contribution is 0.0917. The van der Waals surface area contributed by atoms with E-state index in [9.17, 15) is 4.79 Å². The van der Waals surface area contributed by atoms with Gasteiger partial charge in [0.15, 0.2) is 0 Å². The maximum Gasteiger partial charge on any atom is 0.271 e. The third-order valence-corrected chi connectivity index (χ3v) is 3.76. The van der Waals surface area contributed by atoms with Crippen LogP contribution in [0.15, 0.2) is 5.38 Å². The summed E-state index contributed by atoms with van der Waals surface area (Å²) >= 11 is 1.49. The topological polar surface area (TPSA) is 68.0 Å². The lowest BCUT2D eigenvalue weighted by Crippen LogP contribution is -2.49. The molecule has 5 heteroatoms. The Morgan fingerprint density at radius 3 is 2.94 bits per heavy atom. The van der Waals surface area contributed by atoms with Gasteiger partial charge in [-0.3, -0.25) is 4.79 Å². The first-order chi connectivity index (χ1) is 7.66. The van der Waals surface area contributed by atoms with Crippen molar-refractivity contribution in [3.8, 4) is 0 Å². The molecule has 88 valence electrons. The van der Waals surface area contributed by atoms with Crippen LogP contribution < -0.4 is 11.1 Å². The van der Waals surface area contributed by atoms with Gasteiger partial charge in [-0.05, 0) is 19.8 Å². The number of rotatable bonds is 2. The van der Waals surface area contributed by atoms with E-state index in [4.69, 9.17) is 5.73 Å². The molecule has 1 amide bonds. The summed E-state index contributed by atoms with van der Waals surface area (Å²) in [4.78, 5) is 16.0. The SMILES string of the molecule is Cc1nc(C(=O)NC2CCCCC2N)cs1. The van der Waals surface area contributed by atoms with E-state index in [1.54, 1.807) is 5.38 Å². The average molecular weight is 239 g/mol. The van der Waals surface area contributed by atoms with Crippen molar-refractivity contribution in [1.29, 1.82) is 0 Å². The molecular weight excluding hydrogens is 222 g/mol. The standard InChI is InChI=1S/C11H17N3OS/c1-7-13-10(6-16-7)11(15)14-9-5-3-2-4-8(9)12/h6,8-9H,2-5,12H2,1H3,(H,14,15). The number of carbonyl (C=O) groups is 1. The lowest BCUT2D eigenvalue weighted by Gasteiger charge is -2.28. The minimum Gasteiger partial charge on any atom is -0.346 e. The number of hydrogen-bond donors (Lipinski definition) is 2. The van der Waals surface area contributed by atoms with Crippen LogP contribution in [-0.2, 0) is 0 Å². The van der Waals surface area contributed by atoms with Gasteiger partial charge in [0.05, 0.1) is 5.01 Å². The summed E-state index contributed by atoms with van der Waals surface area (Å²) in [6, 6.07) is 0.209. The van der Waals surface area contributed by atoms with Crippen molar-refractivity contribution in [2.45, 2.75) is 44.7 Å². The highest BCUT2D eigenvalue weighted by Crippen LogP contribution is 2.17. The summed E-state index contributed by atoms with van der Waals surface area (Å²) in [5.74, 6) is -0.0910. The Kier molecular flexibility index (Phi) is 3.56. The van der Waals surface area contributed by atoms with Gasteiger partial charge in [0.2, 0.25) is 0 Å². The minimum atomic E-state index is -0.0910. The first-order valence-corrected chi connectivity index (χ1v) is 6.53. The Morgan fingerprint density at radius 2 is 2.31 bits per heavy atom. The second-order valence-electron chi connectivity index (χ2n) is 4.28. The number of thiazole rings is 1. The Balaban J connectivity index is 1.96. The second-order valence-corrected chi connectivity index (χ2v) is 5.34. The van der Waals surface area contributed by atoms with Crippen molar-refractivity contribution in [3.05, 3.63) is 16.1 Å². The summed E-state index contributed by atoms with van der Waals surface area (Å²) in [5, 5.41) is 5.68. The number of carbonyl (C=O) groups excluding carboxylic acids is 1. The summed E-state index contributed by atoms with van der Waals surface area (Å²) in [7, 11) is 0. The molecule has 1 heterocycles. The molecule has 1 saturated carbocycles. The molecule has 2 atom stereocenters. The zero-order chi connectivity index (χ0) is 11.5. The normalized spacial score (nSPS) is 25.4. The van der Waals surface area contributed by atoms with Crippen molar-refractivity contribution >= 4 is 17.2 Å². The smallest absolute Gasteiger partial charge is 0.271 e. The lowest BCUT2D eigenvalue weighted by atomic mass is 9.91. The minimum absolute atomic E-state index is 0.0910. The van der Waals surface area contributed by atoms with Crippen LogP contribution in [0.5, 0.6) is 0 Å². The van der Waals surface area contributed by atoms with E-state index in [-0.39, 0.29) is 18.0 Å². The Labute approximate surface area is 99.3 Å². The van der Waals surface area contributed by atoms with E-state index in [2.05, 4.69) is 10.3 Å². The highest BCUT2D eigenvalue weighted by Gasteiger charge is 2.24. The van der Waals surface area contributed by atoms with Gasteiger partial charge in [0.25, 0.3) is 5.91 Å². The molecule has 2 unspecified atom stereocenters. The van der Waals surface area contributed by atoms with Crippen LogP contribution in [0.4, 0.5) is 0 Å². The number of aryl methyl sites for hydroxylation is 1. The number of aromatic nitrogens is 1. The fourth-order valence-electron chi connectivity index (χ4n) is 2.05. The number of amides is 1. The Bertz CT molecular complexity index is 377. The van der Waals surface area contributed by atoms with Crippen LogP contribution in [0, 0.1) is 6.92 Å². The third-order valence-electron chi connectivity index (χ3n) is 2.99. The molecule has 1 aliphatic rings. The van der Waals surface area contributed by atoms with Gasteiger partial charge in [-0.15, -0.1) is 11.3 Å². The van der Waals surface area contributed by atoms with E-state index in [0.717, 1.165) is 24.3 Å². The van der Waals surface area contributed by atoms with Crippen LogP contribution in [0.1, 0.15) is 41.2 Å². The van der Waals surface area contributed by atoms with Gasteiger partial charge in [-0.1, -0.05) is 12.8 Å². The first kappa shape index (κ1) is 11.5. The fourth-order valence-corrected chi connectivity index (χ4v) is 2.64. The van der Waals surface area contributed by atoms with Crippen LogP contribution in [0.3, 0.4) is 0 Å². The van der Waals surface area contributed by atoms with Crippen LogP contribution in [0.2, 0.25) is 0 Å². The van der Waals surface area contributed by atoms with Crippen LogP contribution >= 0.6 is 11.3 Å². The quantitative estimate of drug-likeness (QED) is 0.821. The van der Waals surface area contributed by atoms with Gasteiger partial charge in [0.1, 0.15) is 5.69 Å². The zero-order valence-electron chi connectivity index (χ0n) is 9.40. The molecule has 16 heavy (non-hydrogen) atoms. The molecule has 0 spiro atoms. The Morgan fingerprint density at radius 1 is 1.56 bits per heavy atom. The molecule has 2 rings (SSSR count). The molecule has 0 aliphatic heterocycles. The maximum atomic E-state index is 11.8. The van der Waals surface area contributed by atoms with Crippen molar-refractivity contribution in [1.82, 2.24) is 10.3 Å². The largest absolute Gasteiger partial charge is 0.346 e. The number of nitrogens with one attached hydrogen (secondary N) is 1. The summed E-state index contributed by atoms with van der Waals surface area (Å²) in [5.41, 5.74) is 6.49. The first-order valence-electron chi connectivity index (χ1n) is 5.65. The molecule has 1 aromatic heterocycles. The number of hydrogen-bond acceptors (Lipinski definition) is 4. The predicted octanol–water partition coefficient (Wildman–Crippen LogP) is 1.45. The average Bonchev–Trinajstić information content (AvgIpc) is 2.68. The van der Waals surface area contributed by atoms with Crippen molar-refractivity contribution in [2.24, 2.45) is 5.73 Å². The van der Waals surface area contributed by atoms with Crippen molar-refractivity contribution < 1.29 is 4.79 Å². The maximum absolute atomic E-state index is 11.8. The van der Waals surface area contributed by atoms with E-state index < -0.39 is 0 Å². The second kappa shape index (κ2) is 4.93. The van der Waals surface area contributed by atoms with Gasteiger partial charge in [-0.2, -0.15) is 0 Å². The molecule has 0 bridgehead atoms. The van der Waals surface area contributed by atoms with Crippen LogP contribution in [-0.4, -0.2) is 23.0 Å². The van der Waals surface area contributed by atoms with Gasteiger partial charge in [-0.25, -0.2) is 4.98 Å². The molecule has 0 radical (unpaired) electrons. The molecule has 4 nitrogen and oxygen atoms in total. The predicted molar refractivity (Wildman–Crippen MR) is 64.5 cm³/mol. The molecule has 0 saturated heterocycles. The zero-order valence-corrected chi connectivity index (χ0v) is 10.2. The van der Waals surface area contributed by atoms with E-state index in [0.29, 0.717) is 5.69 Å². The van der Waals surface area contributed by atoms with Crippen molar-refractivity contribution in [2.75, 3.05) is 0 Å². The monoisotopic (exact) mass is 239 g/mol. The molecule has 1 aliphatic carbocycles. The van der Waals surface area contributed by atoms with E-state index in [1.807, 2.05) is 6.92 Å². The number of nitrogens with zero attached hydrogens (tertiary/aromatic N) is 1.